The van der Waals surface area contributed by atoms with Gasteiger partial charge >= 0.3 is 0 Å². The first-order valence-electron chi connectivity index (χ1n) is 7.50. The Balaban J connectivity index is 1.70. The number of pyridine rings is 1. The lowest BCUT2D eigenvalue weighted by atomic mass is 9.75. The Morgan fingerprint density at radius 2 is 2.10 bits per heavy atom. The van der Waals surface area contributed by atoms with Crippen molar-refractivity contribution >= 4 is 11.7 Å². The quantitative estimate of drug-likeness (QED) is 0.639. The highest BCUT2D eigenvalue weighted by atomic mass is 16.2. The molecule has 1 saturated heterocycles. The molecular formula is C15H22N4O. The van der Waals surface area contributed by atoms with Gasteiger partial charge < -0.3 is 10.3 Å². The molecule has 2 atom stereocenters. The second kappa shape index (κ2) is 5.79. The average molecular weight is 274 g/mol. The zero-order valence-electron chi connectivity index (χ0n) is 11.7. The third-order valence-corrected chi connectivity index (χ3v) is 4.73. The van der Waals surface area contributed by atoms with Gasteiger partial charge in [-0.05, 0) is 36.8 Å². The van der Waals surface area contributed by atoms with Crippen LogP contribution in [0.2, 0.25) is 0 Å². The zero-order chi connectivity index (χ0) is 13.9. The Bertz CT molecular complexity index is 491. The smallest absolute Gasteiger partial charge is 0.254 e. The van der Waals surface area contributed by atoms with Gasteiger partial charge in [0.1, 0.15) is 5.82 Å². The predicted molar refractivity (Wildman–Crippen MR) is 78.0 cm³/mol. The number of nitrogens with one attached hydrogen (secondary N) is 1. The molecule has 20 heavy (non-hydrogen) atoms. The highest BCUT2D eigenvalue weighted by Gasteiger charge is 2.33. The molecule has 3 rings (SSSR count). The average Bonchev–Trinajstić information content (AvgIpc) is 2.53. The van der Waals surface area contributed by atoms with E-state index in [9.17, 15) is 4.79 Å². The molecule has 0 spiro atoms. The summed E-state index contributed by atoms with van der Waals surface area (Å²) in [5, 5.41) is 0. The number of hydrogen-bond donors (Lipinski definition) is 2. The Morgan fingerprint density at radius 1 is 1.30 bits per heavy atom. The van der Waals surface area contributed by atoms with E-state index in [1.165, 1.54) is 25.7 Å². The number of hydrogen-bond acceptors (Lipinski definition) is 4. The van der Waals surface area contributed by atoms with E-state index in [0.29, 0.717) is 17.3 Å². The van der Waals surface area contributed by atoms with Crippen LogP contribution in [0, 0.1) is 11.8 Å². The Labute approximate surface area is 119 Å². The molecule has 1 aliphatic heterocycles. The van der Waals surface area contributed by atoms with E-state index in [4.69, 9.17) is 5.84 Å². The summed E-state index contributed by atoms with van der Waals surface area (Å²) in [6.07, 6.45) is 8.09. The number of rotatable bonds is 2. The van der Waals surface area contributed by atoms with Gasteiger partial charge in [0.2, 0.25) is 0 Å². The van der Waals surface area contributed by atoms with Gasteiger partial charge in [-0.15, -0.1) is 0 Å². The van der Waals surface area contributed by atoms with Crippen LogP contribution in [-0.4, -0.2) is 28.9 Å². The van der Waals surface area contributed by atoms with Gasteiger partial charge in [0.15, 0.2) is 0 Å². The number of aromatic nitrogens is 1. The fourth-order valence-corrected chi connectivity index (χ4v) is 3.61. The van der Waals surface area contributed by atoms with Crippen LogP contribution < -0.4 is 11.3 Å². The van der Waals surface area contributed by atoms with Crippen LogP contribution in [0.3, 0.4) is 0 Å². The first kappa shape index (κ1) is 13.4. The largest absolute Gasteiger partial charge is 0.338 e. The number of likely N-dealkylation sites (tertiary alicyclic amines) is 1. The lowest BCUT2D eigenvalue weighted by Crippen LogP contribution is -2.44. The van der Waals surface area contributed by atoms with Gasteiger partial charge in [-0.1, -0.05) is 19.3 Å². The number of anilines is 1. The van der Waals surface area contributed by atoms with Crippen LogP contribution in [-0.2, 0) is 0 Å². The van der Waals surface area contributed by atoms with Crippen molar-refractivity contribution in [1.82, 2.24) is 9.88 Å². The van der Waals surface area contributed by atoms with Crippen molar-refractivity contribution < 1.29 is 4.79 Å². The summed E-state index contributed by atoms with van der Waals surface area (Å²) < 4.78 is 0. The SMILES string of the molecule is NNc1cc(C(=O)N2CCC3CCCCC3C2)ccn1. The number of hydrazine groups is 1. The third-order valence-electron chi connectivity index (χ3n) is 4.73. The topological polar surface area (TPSA) is 71.2 Å². The van der Waals surface area contributed by atoms with Crippen LogP contribution in [0.25, 0.3) is 0 Å². The first-order chi connectivity index (χ1) is 9.78. The maximum atomic E-state index is 12.6. The molecule has 1 aliphatic carbocycles. The normalized spacial score (nSPS) is 25.9. The minimum atomic E-state index is 0.105. The van der Waals surface area contributed by atoms with Crippen molar-refractivity contribution in [1.29, 1.82) is 0 Å². The number of carbonyl (C=O) groups excluding carboxylic acids is 1. The van der Waals surface area contributed by atoms with Gasteiger partial charge in [-0.25, -0.2) is 10.8 Å². The maximum Gasteiger partial charge on any atom is 0.254 e. The molecule has 1 saturated carbocycles. The van der Waals surface area contributed by atoms with E-state index in [2.05, 4.69) is 10.4 Å². The van der Waals surface area contributed by atoms with E-state index in [1.807, 2.05) is 4.90 Å². The molecule has 0 bridgehead atoms. The summed E-state index contributed by atoms with van der Waals surface area (Å²) in [4.78, 5) is 18.6. The fraction of sp³-hybridized carbons (Fsp3) is 0.600. The van der Waals surface area contributed by atoms with E-state index in [0.717, 1.165) is 25.4 Å². The van der Waals surface area contributed by atoms with Crippen LogP contribution in [0.5, 0.6) is 0 Å². The van der Waals surface area contributed by atoms with Gasteiger partial charge in [-0.2, -0.15) is 0 Å². The number of carbonyl (C=O) groups is 1. The number of fused-ring (bicyclic) bond motifs is 1. The summed E-state index contributed by atoms with van der Waals surface area (Å²) in [6.45, 7) is 1.80. The molecular weight excluding hydrogens is 252 g/mol. The molecule has 5 heteroatoms. The second-order valence-electron chi connectivity index (χ2n) is 5.92. The van der Waals surface area contributed by atoms with Crippen molar-refractivity contribution in [2.75, 3.05) is 18.5 Å². The minimum absolute atomic E-state index is 0.105. The van der Waals surface area contributed by atoms with E-state index >= 15 is 0 Å². The molecule has 1 aromatic rings. The molecule has 5 nitrogen and oxygen atoms in total. The number of nitrogens with two attached hydrogens (primary N) is 1. The minimum Gasteiger partial charge on any atom is -0.338 e. The molecule has 2 fully saturated rings. The molecule has 2 heterocycles. The first-order valence-corrected chi connectivity index (χ1v) is 7.50. The third kappa shape index (κ3) is 2.63. The molecule has 0 aromatic carbocycles. The Hall–Kier alpha value is -1.62. The van der Waals surface area contributed by atoms with Crippen molar-refractivity contribution in [3.8, 4) is 0 Å². The number of piperidine rings is 1. The lowest BCUT2D eigenvalue weighted by molar-refractivity contribution is 0.0521. The van der Waals surface area contributed by atoms with Crippen LogP contribution in [0.4, 0.5) is 5.82 Å². The van der Waals surface area contributed by atoms with Crippen LogP contribution in [0.15, 0.2) is 18.3 Å². The molecule has 0 radical (unpaired) electrons. The molecule has 2 aliphatic rings. The summed E-state index contributed by atoms with van der Waals surface area (Å²) in [7, 11) is 0. The highest BCUT2D eigenvalue weighted by molar-refractivity contribution is 5.94. The van der Waals surface area contributed by atoms with Crippen LogP contribution >= 0.6 is 0 Å². The molecule has 1 aromatic heterocycles. The van der Waals surface area contributed by atoms with Crippen molar-refractivity contribution in [3.05, 3.63) is 23.9 Å². The molecule has 2 unspecified atom stereocenters. The van der Waals surface area contributed by atoms with Crippen LogP contribution in [0.1, 0.15) is 42.5 Å². The molecule has 1 amide bonds. The lowest BCUT2D eigenvalue weighted by Gasteiger charge is -2.41. The zero-order valence-corrected chi connectivity index (χ0v) is 11.7. The summed E-state index contributed by atoms with van der Waals surface area (Å²) in [5.74, 6) is 7.53. The van der Waals surface area contributed by atoms with Crippen molar-refractivity contribution in [3.63, 3.8) is 0 Å². The fourth-order valence-electron chi connectivity index (χ4n) is 3.61. The molecule has 108 valence electrons. The van der Waals surface area contributed by atoms with Gasteiger partial charge in [0.25, 0.3) is 5.91 Å². The Morgan fingerprint density at radius 3 is 2.90 bits per heavy atom. The van der Waals surface area contributed by atoms with Gasteiger partial charge in [0.05, 0.1) is 0 Å². The second-order valence-corrected chi connectivity index (χ2v) is 5.92. The van der Waals surface area contributed by atoms with E-state index < -0.39 is 0 Å². The van der Waals surface area contributed by atoms with E-state index in [-0.39, 0.29) is 5.91 Å². The predicted octanol–water partition coefficient (Wildman–Crippen LogP) is 2.02. The number of nitrogen functional groups attached to an aromatic ring is 1. The number of amides is 1. The standard InChI is InChI=1S/C15H22N4O/c16-18-14-9-12(5-7-17-14)15(20)19-8-6-11-3-1-2-4-13(11)10-19/h5,7,9,11,13H,1-4,6,8,10,16H2,(H,17,18). The highest BCUT2D eigenvalue weighted by Crippen LogP contribution is 2.36. The summed E-state index contributed by atoms with van der Waals surface area (Å²) in [6, 6.07) is 3.48. The van der Waals surface area contributed by atoms with E-state index in [1.54, 1.807) is 18.3 Å². The molecule has 3 N–H and O–H groups in total. The monoisotopic (exact) mass is 274 g/mol. The van der Waals surface area contributed by atoms with Crippen molar-refractivity contribution in [2.45, 2.75) is 32.1 Å². The summed E-state index contributed by atoms with van der Waals surface area (Å²) >= 11 is 0. The maximum absolute atomic E-state index is 12.6. The van der Waals surface area contributed by atoms with Crippen molar-refractivity contribution in [2.24, 2.45) is 17.7 Å². The van der Waals surface area contributed by atoms with Gasteiger partial charge in [-0.3, -0.25) is 4.79 Å². The summed E-state index contributed by atoms with van der Waals surface area (Å²) in [5.41, 5.74) is 3.16. The van der Waals surface area contributed by atoms with Gasteiger partial charge in [0, 0.05) is 24.8 Å². The number of nitrogens with zero attached hydrogens (tertiary/aromatic N) is 2. The Kier molecular flexibility index (Phi) is 3.87.